The van der Waals surface area contributed by atoms with Crippen LogP contribution in [0.4, 0.5) is 14.6 Å². The fraction of sp³-hybridized carbons (Fsp3) is 0.357. The Bertz CT molecular complexity index is 1600. The highest BCUT2D eigenvalue weighted by atomic mass is 35.5. The minimum absolute atomic E-state index is 0.00833. The lowest BCUT2D eigenvalue weighted by Crippen LogP contribution is -2.33. The van der Waals surface area contributed by atoms with Gasteiger partial charge in [-0.15, -0.1) is 0 Å². The largest absolute Gasteiger partial charge is 0.478 e. The Morgan fingerprint density at radius 2 is 2.02 bits per heavy atom. The maximum atomic E-state index is 14.6. The molecule has 2 aliphatic rings. The van der Waals surface area contributed by atoms with Crippen molar-refractivity contribution in [1.29, 1.82) is 0 Å². The number of likely N-dealkylation sites (tertiary alicyclic amines) is 1. The summed E-state index contributed by atoms with van der Waals surface area (Å²) in [6, 6.07) is 9.02. The van der Waals surface area contributed by atoms with E-state index >= 15 is 0 Å². The van der Waals surface area contributed by atoms with E-state index in [1.54, 1.807) is 24.3 Å². The van der Waals surface area contributed by atoms with E-state index in [0.717, 1.165) is 49.0 Å². The average molecular weight is 585 g/mol. The van der Waals surface area contributed by atoms with E-state index in [2.05, 4.69) is 20.2 Å². The van der Waals surface area contributed by atoms with Gasteiger partial charge < -0.3 is 24.5 Å². The van der Waals surface area contributed by atoms with Gasteiger partial charge in [0.25, 0.3) is 0 Å². The van der Waals surface area contributed by atoms with Crippen LogP contribution in [0.2, 0.25) is 5.02 Å². The molecule has 41 heavy (non-hydrogen) atoms. The quantitative estimate of drug-likeness (QED) is 0.278. The first-order valence-corrected chi connectivity index (χ1v) is 13.6. The summed E-state index contributed by atoms with van der Waals surface area (Å²) in [4.78, 5) is 26.6. The molecule has 0 radical (unpaired) electrons. The number of ether oxygens (including phenoxy) is 2. The predicted octanol–water partition coefficient (Wildman–Crippen LogP) is 4.51. The zero-order chi connectivity index (χ0) is 28.5. The summed E-state index contributed by atoms with van der Waals surface area (Å²) < 4.78 is 41.8. The molecule has 2 atom stereocenters. The van der Waals surface area contributed by atoms with Gasteiger partial charge in [-0.25, -0.2) is 23.5 Å². The van der Waals surface area contributed by atoms with E-state index < -0.39 is 17.6 Å². The Hall–Kier alpha value is -3.87. The molecule has 0 spiro atoms. The van der Waals surface area contributed by atoms with E-state index in [1.165, 1.54) is 12.1 Å². The molecule has 2 aromatic carbocycles. The summed E-state index contributed by atoms with van der Waals surface area (Å²) in [5.74, 6) is -1.30. The van der Waals surface area contributed by atoms with Gasteiger partial charge in [-0.3, -0.25) is 4.90 Å². The number of aromatic carboxylic acids is 1. The lowest BCUT2D eigenvalue weighted by atomic mass is 10.1. The Kier molecular flexibility index (Phi) is 7.69. The highest BCUT2D eigenvalue weighted by Crippen LogP contribution is 2.25. The van der Waals surface area contributed by atoms with Crippen LogP contribution in [0, 0.1) is 11.6 Å². The van der Waals surface area contributed by atoms with Crippen molar-refractivity contribution >= 4 is 34.4 Å². The van der Waals surface area contributed by atoms with Crippen LogP contribution in [0.25, 0.3) is 11.0 Å². The molecule has 0 bridgehead atoms. The molecule has 4 heterocycles. The molecule has 2 unspecified atom stereocenters. The molecular formula is C28H27ClF2N6O4. The minimum atomic E-state index is -0.989. The zero-order valence-corrected chi connectivity index (χ0v) is 22.7. The third-order valence-corrected chi connectivity index (χ3v) is 7.56. The smallest absolute Gasteiger partial charge is 0.335 e. The van der Waals surface area contributed by atoms with Crippen LogP contribution in [-0.2, 0) is 24.4 Å². The molecular weight excluding hydrogens is 558 g/mol. The van der Waals surface area contributed by atoms with Crippen LogP contribution >= 0.6 is 11.6 Å². The van der Waals surface area contributed by atoms with Crippen molar-refractivity contribution in [3.8, 4) is 6.01 Å². The third-order valence-electron chi connectivity index (χ3n) is 7.33. The number of carboxylic acids is 1. The van der Waals surface area contributed by atoms with Crippen LogP contribution in [0.5, 0.6) is 6.01 Å². The molecule has 13 heteroatoms. The molecule has 0 aliphatic carbocycles. The first kappa shape index (κ1) is 27.3. The highest BCUT2D eigenvalue weighted by Gasteiger charge is 2.27. The van der Waals surface area contributed by atoms with E-state index in [9.17, 15) is 18.7 Å². The van der Waals surface area contributed by atoms with Gasteiger partial charge in [0, 0.05) is 36.3 Å². The first-order valence-electron chi connectivity index (χ1n) is 13.2. The predicted molar refractivity (Wildman–Crippen MR) is 146 cm³/mol. The normalized spacial score (nSPS) is 18.9. The fourth-order valence-electron chi connectivity index (χ4n) is 5.05. The topological polar surface area (TPSA) is 115 Å². The van der Waals surface area contributed by atoms with Crippen molar-refractivity contribution in [3.63, 3.8) is 0 Å². The molecule has 2 saturated heterocycles. The van der Waals surface area contributed by atoms with Crippen molar-refractivity contribution in [2.24, 2.45) is 0 Å². The van der Waals surface area contributed by atoms with Gasteiger partial charge in [0.15, 0.2) is 11.6 Å². The number of rotatable bonds is 10. The minimum Gasteiger partial charge on any atom is -0.478 e. The molecule has 2 aliphatic heterocycles. The number of fused-ring (bicyclic) bond motifs is 1. The molecule has 6 rings (SSSR count). The molecule has 4 aromatic rings. The van der Waals surface area contributed by atoms with Gasteiger partial charge in [0.1, 0.15) is 18.2 Å². The van der Waals surface area contributed by atoms with Gasteiger partial charge in [-0.05, 0) is 43.2 Å². The van der Waals surface area contributed by atoms with Crippen molar-refractivity contribution in [2.75, 3.05) is 25.0 Å². The Balaban J connectivity index is 1.12. The summed E-state index contributed by atoms with van der Waals surface area (Å²) in [5.41, 5.74) is 1.97. The Labute approximate surface area is 238 Å². The van der Waals surface area contributed by atoms with Gasteiger partial charge in [0.05, 0.1) is 42.0 Å². The lowest BCUT2D eigenvalue weighted by molar-refractivity contribution is -0.0591. The van der Waals surface area contributed by atoms with E-state index in [0.29, 0.717) is 19.6 Å². The van der Waals surface area contributed by atoms with Crippen molar-refractivity contribution in [1.82, 2.24) is 24.4 Å². The molecule has 0 saturated carbocycles. The number of carbonyl (C=O) groups is 1. The lowest BCUT2D eigenvalue weighted by Gasteiger charge is -2.28. The van der Waals surface area contributed by atoms with E-state index in [4.69, 9.17) is 26.1 Å². The number of carboxylic acid groups (broad SMARTS) is 1. The van der Waals surface area contributed by atoms with Crippen LogP contribution < -0.4 is 10.1 Å². The third kappa shape index (κ3) is 6.09. The fourth-order valence-corrected chi connectivity index (χ4v) is 5.21. The molecule has 214 valence electrons. The summed E-state index contributed by atoms with van der Waals surface area (Å²) in [6.07, 6.45) is 2.77. The van der Waals surface area contributed by atoms with Crippen LogP contribution in [0.1, 0.15) is 34.6 Å². The summed E-state index contributed by atoms with van der Waals surface area (Å²) >= 11 is 5.79. The van der Waals surface area contributed by atoms with Crippen LogP contribution in [-0.4, -0.2) is 67.3 Å². The molecule has 2 aromatic heterocycles. The molecule has 10 nitrogen and oxygen atoms in total. The number of aromatic nitrogens is 4. The highest BCUT2D eigenvalue weighted by molar-refractivity contribution is 6.30. The van der Waals surface area contributed by atoms with Crippen molar-refractivity contribution in [3.05, 3.63) is 76.2 Å². The van der Waals surface area contributed by atoms with Crippen molar-refractivity contribution in [2.45, 2.75) is 44.7 Å². The average Bonchev–Trinajstić information content (AvgIpc) is 3.50. The Morgan fingerprint density at radius 3 is 2.78 bits per heavy atom. The van der Waals surface area contributed by atoms with Gasteiger partial charge >= 0.3 is 12.0 Å². The number of halogens is 3. The second-order valence-electron chi connectivity index (χ2n) is 10.2. The Morgan fingerprint density at radius 1 is 1.17 bits per heavy atom. The van der Waals surface area contributed by atoms with Crippen LogP contribution in [0.15, 0.2) is 42.6 Å². The number of anilines is 1. The van der Waals surface area contributed by atoms with Gasteiger partial charge in [-0.1, -0.05) is 17.7 Å². The summed E-state index contributed by atoms with van der Waals surface area (Å²) in [7, 11) is 0. The zero-order valence-electron chi connectivity index (χ0n) is 21.9. The van der Waals surface area contributed by atoms with Gasteiger partial charge in [0.2, 0.25) is 0 Å². The monoisotopic (exact) mass is 584 g/mol. The van der Waals surface area contributed by atoms with E-state index in [-0.39, 0.29) is 46.7 Å². The van der Waals surface area contributed by atoms with E-state index in [1.807, 2.05) is 4.57 Å². The number of hydrogen-bond donors (Lipinski definition) is 2. The standard InChI is InChI=1S/C28H27ClF2N6O4/c29-18-3-1-17(21(30)10-18)15-41-28-32-11-22(31)26(35-28)33-19-5-7-36(12-19)14-25-34-23-4-2-16(27(38)39)9-24(23)37(25)13-20-6-8-40-20/h1-4,9-11,19-20H,5-8,12-15H2,(H,38,39)(H,32,33,35). The number of imidazole rings is 1. The van der Waals surface area contributed by atoms with Gasteiger partial charge in [-0.2, -0.15) is 4.98 Å². The summed E-state index contributed by atoms with van der Waals surface area (Å²) in [6.45, 7) is 3.07. The second-order valence-corrected chi connectivity index (χ2v) is 10.6. The molecule has 0 amide bonds. The maximum absolute atomic E-state index is 14.6. The maximum Gasteiger partial charge on any atom is 0.335 e. The van der Waals surface area contributed by atoms with Crippen LogP contribution in [0.3, 0.4) is 0 Å². The number of benzene rings is 2. The number of nitrogens with one attached hydrogen (secondary N) is 1. The summed E-state index contributed by atoms with van der Waals surface area (Å²) in [5, 5.41) is 12.9. The second kappa shape index (κ2) is 11.6. The SMILES string of the molecule is O=C(O)c1ccc2nc(CN3CCC(Nc4nc(OCc5ccc(Cl)cc5F)ncc4F)C3)n(CC3CCO3)c2c1. The van der Waals surface area contributed by atoms with Crippen molar-refractivity contribution < 1.29 is 28.2 Å². The molecule has 2 N–H and O–H groups in total. The number of nitrogens with zero attached hydrogens (tertiary/aromatic N) is 5. The first-order chi connectivity index (χ1) is 19.8. The molecule has 2 fully saturated rings. The number of hydrogen-bond acceptors (Lipinski definition) is 8.